The third kappa shape index (κ3) is 2.56. The number of nitrogen functional groups attached to an aromatic ring is 1. The van der Waals surface area contributed by atoms with Crippen molar-refractivity contribution in [3.05, 3.63) is 38.7 Å². The summed E-state index contributed by atoms with van der Waals surface area (Å²) in [5.74, 6) is -0.443. The predicted octanol–water partition coefficient (Wildman–Crippen LogP) is 4.40. The zero-order valence-corrected chi connectivity index (χ0v) is 12.6. The standard InChI is InChI=1S/C13H11Cl2NO2S/c1-6-10(16)12(13(17)18-2)19-11(6)8-4-3-7(14)5-9(8)15/h3-5H,16H2,1-2H3. The number of benzene rings is 1. The summed E-state index contributed by atoms with van der Waals surface area (Å²) in [5.41, 5.74) is 7.98. The Balaban J connectivity index is 2.60. The molecule has 0 saturated heterocycles. The lowest BCUT2D eigenvalue weighted by Gasteiger charge is -2.03. The molecule has 1 aromatic carbocycles. The summed E-state index contributed by atoms with van der Waals surface area (Å²) in [6.07, 6.45) is 0. The van der Waals surface area contributed by atoms with E-state index < -0.39 is 5.97 Å². The van der Waals surface area contributed by atoms with Crippen LogP contribution in [0.15, 0.2) is 18.2 Å². The molecule has 0 bridgehead atoms. The maximum absolute atomic E-state index is 11.6. The molecule has 1 heterocycles. The van der Waals surface area contributed by atoms with Crippen LogP contribution in [0.2, 0.25) is 10.0 Å². The normalized spacial score (nSPS) is 10.5. The van der Waals surface area contributed by atoms with Gasteiger partial charge in [0.15, 0.2) is 0 Å². The Morgan fingerprint density at radius 1 is 1.37 bits per heavy atom. The van der Waals surface area contributed by atoms with Crippen LogP contribution in [0, 0.1) is 6.92 Å². The van der Waals surface area contributed by atoms with Gasteiger partial charge in [-0.15, -0.1) is 11.3 Å². The molecule has 0 aliphatic rings. The van der Waals surface area contributed by atoms with Crippen LogP contribution < -0.4 is 5.73 Å². The molecule has 3 nitrogen and oxygen atoms in total. The van der Waals surface area contributed by atoms with Crippen molar-refractivity contribution in [2.45, 2.75) is 6.92 Å². The van der Waals surface area contributed by atoms with E-state index >= 15 is 0 Å². The Hall–Kier alpha value is -1.23. The highest BCUT2D eigenvalue weighted by Crippen LogP contribution is 2.41. The summed E-state index contributed by atoms with van der Waals surface area (Å²) in [5, 5.41) is 1.08. The molecule has 6 heteroatoms. The Bertz CT molecular complexity index is 652. The topological polar surface area (TPSA) is 52.3 Å². The van der Waals surface area contributed by atoms with E-state index in [2.05, 4.69) is 0 Å². The highest BCUT2D eigenvalue weighted by Gasteiger charge is 2.21. The summed E-state index contributed by atoms with van der Waals surface area (Å²) in [4.78, 5) is 12.9. The third-order valence-electron chi connectivity index (χ3n) is 2.74. The maximum atomic E-state index is 11.6. The molecule has 0 saturated carbocycles. The molecule has 2 rings (SSSR count). The summed E-state index contributed by atoms with van der Waals surface area (Å²) in [6.45, 7) is 1.85. The van der Waals surface area contributed by atoms with Crippen LogP contribution in [0.4, 0.5) is 5.69 Å². The number of thiophene rings is 1. The van der Waals surface area contributed by atoms with E-state index in [4.69, 9.17) is 33.7 Å². The van der Waals surface area contributed by atoms with Crippen molar-refractivity contribution in [3.8, 4) is 10.4 Å². The van der Waals surface area contributed by atoms with Crippen LogP contribution in [-0.4, -0.2) is 13.1 Å². The molecular weight excluding hydrogens is 305 g/mol. The number of halogens is 2. The lowest BCUT2D eigenvalue weighted by Crippen LogP contribution is -2.01. The molecule has 0 radical (unpaired) electrons. The molecule has 1 aromatic heterocycles. The van der Waals surface area contributed by atoms with Crippen molar-refractivity contribution in [2.24, 2.45) is 0 Å². The Kier molecular flexibility index (Phi) is 4.04. The molecule has 0 amide bonds. The Labute approximate surface area is 124 Å². The quantitative estimate of drug-likeness (QED) is 0.836. The zero-order valence-electron chi connectivity index (χ0n) is 10.3. The lowest BCUT2D eigenvalue weighted by molar-refractivity contribution is 0.0607. The largest absolute Gasteiger partial charge is 0.465 e. The van der Waals surface area contributed by atoms with Gasteiger partial charge in [-0.05, 0) is 24.6 Å². The maximum Gasteiger partial charge on any atom is 0.350 e. The van der Waals surface area contributed by atoms with Crippen molar-refractivity contribution in [1.82, 2.24) is 0 Å². The van der Waals surface area contributed by atoms with Crippen LogP contribution in [-0.2, 0) is 4.74 Å². The van der Waals surface area contributed by atoms with Gasteiger partial charge >= 0.3 is 5.97 Å². The van der Waals surface area contributed by atoms with Crippen LogP contribution in [0.25, 0.3) is 10.4 Å². The molecule has 0 fully saturated rings. The minimum absolute atomic E-state index is 0.390. The Morgan fingerprint density at radius 3 is 2.63 bits per heavy atom. The minimum atomic E-state index is -0.443. The monoisotopic (exact) mass is 315 g/mol. The molecule has 2 N–H and O–H groups in total. The average molecular weight is 316 g/mol. The number of rotatable bonds is 2. The number of hydrogen-bond acceptors (Lipinski definition) is 4. The first-order valence-corrected chi connectivity index (χ1v) is 6.95. The number of anilines is 1. The van der Waals surface area contributed by atoms with Crippen molar-refractivity contribution in [2.75, 3.05) is 12.8 Å². The highest BCUT2D eigenvalue weighted by molar-refractivity contribution is 7.18. The van der Waals surface area contributed by atoms with Gasteiger partial charge < -0.3 is 10.5 Å². The molecule has 0 aliphatic carbocycles. The number of hydrogen-bond donors (Lipinski definition) is 1. The smallest absolute Gasteiger partial charge is 0.350 e. The van der Waals surface area contributed by atoms with E-state index in [1.54, 1.807) is 12.1 Å². The van der Waals surface area contributed by atoms with E-state index in [1.165, 1.54) is 18.4 Å². The van der Waals surface area contributed by atoms with Gasteiger partial charge in [-0.2, -0.15) is 0 Å². The molecule has 2 aromatic rings. The van der Waals surface area contributed by atoms with E-state index in [1.807, 2.05) is 13.0 Å². The molecule has 19 heavy (non-hydrogen) atoms. The number of ether oxygens (including phenoxy) is 1. The van der Waals surface area contributed by atoms with Gasteiger partial charge in [0.05, 0.1) is 17.8 Å². The highest BCUT2D eigenvalue weighted by atomic mass is 35.5. The van der Waals surface area contributed by atoms with E-state index in [0.29, 0.717) is 20.6 Å². The fourth-order valence-corrected chi connectivity index (χ4v) is 3.44. The lowest BCUT2D eigenvalue weighted by atomic mass is 10.1. The number of nitrogens with two attached hydrogens (primary N) is 1. The molecule has 100 valence electrons. The molecule has 0 aliphatic heterocycles. The fraction of sp³-hybridized carbons (Fsp3) is 0.154. The first-order valence-electron chi connectivity index (χ1n) is 5.38. The van der Waals surface area contributed by atoms with E-state index in [-0.39, 0.29) is 0 Å². The molecular formula is C13H11Cl2NO2S. The first kappa shape index (κ1) is 14.2. The van der Waals surface area contributed by atoms with Gasteiger partial charge in [-0.25, -0.2) is 4.79 Å². The molecule has 0 atom stereocenters. The number of carbonyl (C=O) groups excluding carboxylic acids is 1. The summed E-state index contributed by atoms with van der Waals surface area (Å²) >= 11 is 13.3. The second-order valence-corrected chi connectivity index (χ2v) is 5.78. The van der Waals surface area contributed by atoms with Crippen molar-refractivity contribution in [3.63, 3.8) is 0 Å². The number of carbonyl (C=O) groups is 1. The second-order valence-electron chi connectivity index (χ2n) is 3.91. The average Bonchev–Trinajstić information content (AvgIpc) is 2.66. The van der Waals surface area contributed by atoms with Gasteiger partial charge in [-0.1, -0.05) is 29.3 Å². The summed E-state index contributed by atoms with van der Waals surface area (Å²) in [6, 6.07) is 5.21. The van der Waals surface area contributed by atoms with Crippen LogP contribution >= 0.6 is 34.5 Å². The van der Waals surface area contributed by atoms with Gasteiger partial charge in [0.25, 0.3) is 0 Å². The minimum Gasteiger partial charge on any atom is -0.465 e. The van der Waals surface area contributed by atoms with Gasteiger partial charge in [-0.3, -0.25) is 0 Å². The van der Waals surface area contributed by atoms with Crippen LogP contribution in [0.5, 0.6) is 0 Å². The first-order chi connectivity index (χ1) is 8.95. The predicted molar refractivity (Wildman–Crippen MR) is 80.3 cm³/mol. The zero-order chi connectivity index (χ0) is 14.2. The van der Waals surface area contributed by atoms with Gasteiger partial charge in [0.1, 0.15) is 4.88 Å². The van der Waals surface area contributed by atoms with E-state index in [0.717, 1.165) is 16.0 Å². The van der Waals surface area contributed by atoms with Crippen LogP contribution in [0.1, 0.15) is 15.2 Å². The summed E-state index contributed by atoms with van der Waals surface area (Å²) < 4.78 is 4.71. The second kappa shape index (κ2) is 5.41. The third-order valence-corrected chi connectivity index (χ3v) is 4.61. The van der Waals surface area contributed by atoms with Crippen molar-refractivity contribution < 1.29 is 9.53 Å². The summed E-state index contributed by atoms with van der Waals surface area (Å²) in [7, 11) is 1.33. The molecule has 0 spiro atoms. The molecule has 0 unspecified atom stereocenters. The van der Waals surface area contributed by atoms with Gasteiger partial charge in [0.2, 0.25) is 0 Å². The SMILES string of the molecule is COC(=O)c1sc(-c2ccc(Cl)cc2Cl)c(C)c1N. The van der Waals surface area contributed by atoms with E-state index in [9.17, 15) is 4.79 Å². The number of methoxy groups -OCH3 is 1. The fourth-order valence-electron chi connectivity index (χ4n) is 1.70. The number of esters is 1. The Morgan fingerprint density at radius 2 is 2.05 bits per heavy atom. The van der Waals surface area contributed by atoms with Crippen molar-refractivity contribution in [1.29, 1.82) is 0 Å². The van der Waals surface area contributed by atoms with Gasteiger partial charge in [0, 0.05) is 15.5 Å². The van der Waals surface area contributed by atoms with Crippen molar-refractivity contribution >= 4 is 46.2 Å². The van der Waals surface area contributed by atoms with Crippen LogP contribution in [0.3, 0.4) is 0 Å².